The van der Waals surface area contributed by atoms with Gasteiger partial charge >= 0.3 is 0 Å². The maximum Gasteiger partial charge on any atom is 0.224 e. The van der Waals surface area contributed by atoms with Gasteiger partial charge in [0.2, 0.25) is 5.91 Å². The SMILES string of the molecule is COCc1cccc(CC(=O)N[C@](C)(CO)C(C)C)c1. The van der Waals surface area contributed by atoms with Crippen molar-refractivity contribution in [2.75, 3.05) is 13.7 Å². The predicted molar refractivity (Wildman–Crippen MR) is 79.3 cm³/mol. The molecular weight excluding hydrogens is 254 g/mol. The van der Waals surface area contributed by atoms with Gasteiger partial charge in [0.25, 0.3) is 0 Å². The normalized spacial score (nSPS) is 14.1. The van der Waals surface area contributed by atoms with Crippen LogP contribution in [-0.2, 0) is 22.6 Å². The third-order valence-corrected chi connectivity index (χ3v) is 3.69. The molecule has 1 atom stereocenters. The van der Waals surface area contributed by atoms with Crippen LogP contribution in [0.5, 0.6) is 0 Å². The summed E-state index contributed by atoms with van der Waals surface area (Å²) >= 11 is 0. The van der Waals surface area contributed by atoms with Gasteiger partial charge in [0.15, 0.2) is 0 Å². The molecule has 112 valence electrons. The summed E-state index contributed by atoms with van der Waals surface area (Å²) in [6.07, 6.45) is 0.305. The first-order valence-electron chi connectivity index (χ1n) is 6.90. The Morgan fingerprint density at radius 2 is 2.05 bits per heavy atom. The number of carbonyl (C=O) groups excluding carboxylic acids is 1. The van der Waals surface area contributed by atoms with Crippen molar-refractivity contribution in [1.82, 2.24) is 5.32 Å². The van der Waals surface area contributed by atoms with E-state index in [9.17, 15) is 9.90 Å². The Bertz CT molecular complexity index is 445. The Morgan fingerprint density at radius 3 is 2.60 bits per heavy atom. The highest BCUT2D eigenvalue weighted by molar-refractivity contribution is 5.79. The third-order valence-electron chi connectivity index (χ3n) is 3.69. The standard InChI is InChI=1S/C16H25NO3/c1-12(2)16(3,11-18)17-15(19)9-13-6-5-7-14(8-13)10-20-4/h5-8,12,18H,9-11H2,1-4H3,(H,17,19)/t16-/m1/s1. The van der Waals surface area contributed by atoms with Gasteiger partial charge in [0, 0.05) is 7.11 Å². The average molecular weight is 279 g/mol. The molecule has 4 heteroatoms. The van der Waals surface area contributed by atoms with Crippen molar-refractivity contribution in [3.63, 3.8) is 0 Å². The summed E-state index contributed by atoms with van der Waals surface area (Å²) < 4.78 is 5.08. The molecule has 0 unspecified atom stereocenters. The molecule has 0 aromatic heterocycles. The number of ether oxygens (including phenoxy) is 1. The molecule has 0 aliphatic heterocycles. The number of rotatable bonds is 7. The first-order valence-corrected chi connectivity index (χ1v) is 6.90. The number of hydrogen-bond donors (Lipinski definition) is 2. The maximum atomic E-state index is 12.1. The van der Waals surface area contributed by atoms with Crippen LogP contribution in [0.4, 0.5) is 0 Å². The van der Waals surface area contributed by atoms with E-state index < -0.39 is 5.54 Å². The molecule has 1 rings (SSSR count). The molecule has 0 saturated heterocycles. The summed E-state index contributed by atoms with van der Waals surface area (Å²) in [7, 11) is 1.65. The lowest BCUT2D eigenvalue weighted by molar-refractivity contribution is -0.123. The quantitative estimate of drug-likeness (QED) is 0.801. The van der Waals surface area contributed by atoms with E-state index in [0.29, 0.717) is 13.0 Å². The number of methoxy groups -OCH3 is 1. The van der Waals surface area contributed by atoms with Gasteiger partial charge in [-0.3, -0.25) is 4.79 Å². The third kappa shape index (κ3) is 4.62. The summed E-state index contributed by atoms with van der Waals surface area (Å²) in [4.78, 5) is 12.1. The first kappa shape index (κ1) is 16.7. The number of carbonyl (C=O) groups is 1. The molecule has 0 radical (unpaired) electrons. The van der Waals surface area contributed by atoms with E-state index >= 15 is 0 Å². The summed E-state index contributed by atoms with van der Waals surface area (Å²) in [5.74, 6) is 0.0843. The van der Waals surface area contributed by atoms with Gasteiger partial charge in [-0.25, -0.2) is 0 Å². The molecule has 20 heavy (non-hydrogen) atoms. The van der Waals surface area contributed by atoms with Gasteiger partial charge in [-0.05, 0) is 24.0 Å². The molecule has 0 fully saturated rings. The van der Waals surface area contributed by atoms with Crippen LogP contribution in [0.3, 0.4) is 0 Å². The number of amides is 1. The number of hydrogen-bond acceptors (Lipinski definition) is 3. The van der Waals surface area contributed by atoms with Gasteiger partial charge < -0.3 is 15.2 Å². The van der Waals surface area contributed by atoms with E-state index in [1.54, 1.807) is 7.11 Å². The fourth-order valence-electron chi connectivity index (χ4n) is 1.91. The fraction of sp³-hybridized carbons (Fsp3) is 0.562. The van der Waals surface area contributed by atoms with Crippen molar-refractivity contribution in [3.05, 3.63) is 35.4 Å². The fourth-order valence-corrected chi connectivity index (χ4v) is 1.91. The zero-order valence-corrected chi connectivity index (χ0v) is 12.8. The van der Waals surface area contributed by atoms with Crippen molar-refractivity contribution < 1.29 is 14.6 Å². The molecular formula is C16H25NO3. The average Bonchev–Trinajstić information content (AvgIpc) is 2.39. The minimum atomic E-state index is -0.582. The van der Waals surface area contributed by atoms with Gasteiger partial charge in [-0.1, -0.05) is 38.1 Å². The highest BCUT2D eigenvalue weighted by Crippen LogP contribution is 2.16. The van der Waals surface area contributed by atoms with E-state index in [0.717, 1.165) is 11.1 Å². The Morgan fingerprint density at radius 1 is 1.40 bits per heavy atom. The molecule has 1 amide bonds. The minimum absolute atomic E-state index is 0.0693. The van der Waals surface area contributed by atoms with E-state index in [4.69, 9.17) is 4.74 Å². The Balaban J connectivity index is 2.68. The molecule has 0 spiro atoms. The van der Waals surface area contributed by atoms with Crippen LogP contribution in [0, 0.1) is 5.92 Å². The lowest BCUT2D eigenvalue weighted by atomic mass is 9.89. The lowest BCUT2D eigenvalue weighted by Gasteiger charge is -2.32. The van der Waals surface area contributed by atoms with E-state index in [2.05, 4.69) is 5.32 Å². The maximum absolute atomic E-state index is 12.1. The Hall–Kier alpha value is -1.39. The van der Waals surface area contributed by atoms with E-state index in [1.165, 1.54) is 0 Å². The second kappa shape index (κ2) is 7.41. The Kier molecular flexibility index (Phi) is 6.17. The van der Waals surface area contributed by atoms with Crippen molar-refractivity contribution in [1.29, 1.82) is 0 Å². The largest absolute Gasteiger partial charge is 0.394 e. The summed E-state index contributed by atoms with van der Waals surface area (Å²) in [5, 5.41) is 12.4. The van der Waals surface area contributed by atoms with Crippen LogP contribution in [0.25, 0.3) is 0 Å². The van der Waals surface area contributed by atoms with E-state index in [1.807, 2.05) is 45.0 Å². The zero-order chi connectivity index (χ0) is 15.2. The Labute approximate surface area is 121 Å². The first-order chi connectivity index (χ1) is 9.41. The van der Waals surface area contributed by atoms with Crippen LogP contribution in [0.15, 0.2) is 24.3 Å². The van der Waals surface area contributed by atoms with Gasteiger partial charge in [0.1, 0.15) is 0 Å². The highest BCUT2D eigenvalue weighted by Gasteiger charge is 2.29. The molecule has 2 N–H and O–H groups in total. The molecule has 4 nitrogen and oxygen atoms in total. The van der Waals surface area contributed by atoms with Crippen molar-refractivity contribution in [2.45, 2.75) is 39.3 Å². The number of nitrogens with one attached hydrogen (secondary N) is 1. The van der Waals surface area contributed by atoms with Crippen LogP contribution >= 0.6 is 0 Å². The molecule has 0 heterocycles. The molecule has 0 bridgehead atoms. The van der Waals surface area contributed by atoms with Crippen LogP contribution in [0.2, 0.25) is 0 Å². The molecule has 1 aromatic carbocycles. The second-order valence-corrected chi connectivity index (χ2v) is 5.71. The van der Waals surface area contributed by atoms with Crippen molar-refractivity contribution in [3.8, 4) is 0 Å². The number of benzene rings is 1. The van der Waals surface area contributed by atoms with Crippen LogP contribution in [-0.4, -0.2) is 30.3 Å². The van der Waals surface area contributed by atoms with Crippen LogP contribution in [0.1, 0.15) is 31.9 Å². The number of aliphatic hydroxyl groups excluding tert-OH is 1. The molecule has 0 aliphatic carbocycles. The summed E-state index contributed by atoms with van der Waals surface area (Å²) in [6.45, 7) is 6.29. The monoisotopic (exact) mass is 279 g/mol. The van der Waals surface area contributed by atoms with E-state index in [-0.39, 0.29) is 18.4 Å². The smallest absolute Gasteiger partial charge is 0.224 e. The highest BCUT2D eigenvalue weighted by atomic mass is 16.5. The van der Waals surface area contributed by atoms with Gasteiger partial charge in [-0.2, -0.15) is 0 Å². The van der Waals surface area contributed by atoms with Gasteiger partial charge in [-0.15, -0.1) is 0 Å². The predicted octanol–water partition coefficient (Wildman–Crippen LogP) is 1.90. The van der Waals surface area contributed by atoms with Crippen molar-refractivity contribution in [2.24, 2.45) is 5.92 Å². The lowest BCUT2D eigenvalue weighted by Crippen LogP contribution is -2.53. The number of aliphatic hydroxyl groups is 1. The molecule has 0 saturated carbocycles. The van der Waals surface area contributed by atoms with Gasteiger partial charge in [0.05, 0.1) is 25.2 Å². The van der Waals surface area contributed by atoms with Crippen molar-refractivity contribution >= 4 is 5.91 Å². The minimum Gasteiger partial charge on any atom is -0.394 e. The molecule has 1 aromatic rings. The molecule has 0 aliphatic rings. The van der Waals surface area contributed by atoms with Crippen LogP contribution < -0.4 is 5.32 Å². The second-order valence-electron chi connectivity index (χ2n) is 5.71. The summed E-state index contributed by atoms with van der Waals surface area (Å²) in [6, 6.07) is 7.78. The summed E-state index contributed by atoms with van der Waals surface area (Å²) in [5.41, 5.74) is 1.41. The topological polar surface area (TPSA) is 58.6 Å². The zero-order valence-electron chi connectivity index (χ0n) is 12.8.